The monoisotopic (exact) mass is 518 g/mol. The Hall–Kier alpha value is -3.97. The summed E-state index contributed by atoms with van der Waals surface area (Å²) in [5.41, 5.74) is 2.63. The van der Waals surface area contributed by atoms with E-state index in [4.69, 9.17) is 18.9 Å². The van der Waals surface area contributed by atoms with Gasteiger partial charge in [0.15, 0.2) is 6.10 Å². The third-order valence-corrected chi connectivity index (χ3v) is 5.80. The van der Waals surface area contributed by atoms with Crippen LogP contribution in [0.1, 0.15) is 67.2 Å². The first-order valence-corrected chi connectivity index (χ1v) is 12.9. The molecule has 0 aliphatic heterocycles. The molecule has 0 aliphatic rings. The number of ether oxygens (including phenoxy) is 4. The highest BCUT2D eigenvalue weighted by atomic mass is 16.6. The Morgan fingerprint density at radius 2 is 1.18 bits per heavy atom. The molecule has 200 valence electrons. The van der Waals surface area contributed by atoms with Crippen LogP contribution in [0.3, 0.4) is 0 Å². The van der Waals surface area contributed by atoms with Crippen molar-refractivity contribution in [3.63, 3.8) is 0 Å². The maximum Gasteiger partial charge on any atom is 0.343 e. The Morgan fingerprint density at radius 3 is 1.79 bits per heavy atom. The molecular weight excluding hydrogens is 484 g/mol. The summed E-state index contributed by atoms with van der Waals surface area (Å²) in [5, 5.41) is 0. The van der Waals surface area contributed by atoms with Gasteiger partial charge in [-0.15, -0.1) is 0 Å². The molecule has 0 heterocycles. The van der Waals surface area contributed by atoms with Gasteiger partial charge in [-0.1, -0.05) is 50.5 Å². The highest BCUT2D eigenvalue weighted by Crippen LogP contribution is 2.24. The quantitative estimate of drug-likeness (QED) is 0.142. The first kappa shape index (κ1) is 28.6. The van der Waals surface area contributed by atoms with Crippen LogP contribution in [0.4, 0.5) is 0 Å². The van der Waals surface area contributed by atoms with Crippen molar-refractivity contribution < 1.29 is 33.3 Å². The summed E-state index contributed by atoms with van der Waals surface area (Å²) in [6.07, 6.45) is 3.61. The Bertz CT molecular complexity index is 1180. The van der Waals surface area contributed by atoms with E-state index in [-0.39, 0.29) is 5.97 Å². The van der Waals surface area contributed by atoms with Gasteiger partial charge in [0.1, 0.15) is 11.5 Å². The lowest BCUT2D eigenvalue weighted by molar-refractivity contribution is -0.146. The molecule has 0 fully saturated rings. The van der Waals surface area contributed by atoms with Gasteiger partial charge in [-0.3, -0.25) is 0 Å². The molecule has 0 aliphatic carbocycles. The molecule has 3 rings (SSSR count). The Labute approximate surface area is 223 Å². The van der Waals surface area contributed by atoms with E-state index >= 15 is 0 Å². The molecule has 0 unspecified atom stereocenters. The normalized spacial score (nSPS) is 11.4. The van der Waals surface area contributed by atoms with E-state index < -0.39 is 18.0 Å². The molecule has 0 spiro atoms. The van der Waals surface area contributed by atoms with Crippen LogP contribution in [-0.4, -0.2) is 37.2 Å². The second-order valence-corrected chi connectivity index (χ2v) is 8.73. The van der Waals surface area contributed by atoms with Crippen LogP contribution in [-0.2, 0) is 14.3 Å². The van der Waals surface area contributed by atoms with Gasteiger partial charge in [-0.2, -0.15) is 0 Å². The number of carbonyl (C=O) groups excluding carboxylic acids is 3. The van der Waals surface area contributed by atoms with Crippen LogP contribution in [0.5, 0.6) is 11.5 Å². The molecular formula is C31H34O7. The minimum absolute atomic E-state index is 0.323. The number of esters is 3. The first-order chi connectivity index (χ1) is 18.4. The number of hydrogen-bond donors (Lipinski definition) is 0. The van der Waals surface area contributed by atoms with Gasteiger partial charge in [0.25, 0.3) is 0 Å². The lowest BCUT2D eigenvalue weighted by atomic mass is 10.0. The molecule has 3 aromatic carbocycles. The number of hydrogen-bond acceptors (Lipinski definition) is 7. The second kappa shape index (κ2) is 14.7. The average Bonchev–Trinajstić information content (AvgIpc) is 2.94. The molecule has 7 nitrogen and oxygen atoms in total. The topological polar surface area (TPSA) is 88.1 Å². The zero-order valence-electron chi connectivity index (χ0n) is 22.1. The van der Waals surface area contributed by atoms with Crippen LogP contribution >= 0.6 is 0 Å². The smallest absolute Gasteiger partial charge is 0.343 e. The van der Waals surface area contributed by atoms with E-state index in [1.165, 1.54) is 0 Å². The molecule has 1 atom stereocenters. The maximum atomic E-state index is 12.6. The van der Waals surface area contributed by atoms with Crippen LogP contribution < -0.4 is 9.47 Å². The van der Waals surface area contributed by atoms with Gasteiger partial charge in [-0.05, 0) is 79.9 Å². The van der Waals surface area contributed by atoms with Crippen molar-refractivity contribution in [3.05, 3.63) is 83.9 Å². The van der Waals surface area contributed by atoms with E-state index in [0.717, 1.165) is 36.8 Å². The minimum atomic E-state index is -0.667. The van der Waals surface area contributed by atoms with Crippen molar-refractivity contribution in [1.82, 2.24) is 0 Å². The standard InChI is InChI=1S/C31H34O7/c1-4-6-7-8-21-36-22(3)29(32)37-27-19-15-26(16-20-27)31(34)38-28-17-13-24(14-18-28)23-9-11-25(12-10-23)30(33)35-5-2/h9-20,22H,4-8,21H2,1-3H3/t22-/m0/s1. The van der Waals surface area contributed by atoms with Crippen LogP contribution in [0.25, 0.3) is 11.1 Å². The van der Waals surface area contributed by atoms with E-state index in [1.807, 2.05) is 24.3 Å². The summed E-state index contributed by atoms with van der Waals surface area (Å²) in [6.45, 7) is 6.41. The van der Waals surface area contributed by atoms with Crippen molar-refractivity contribution in [2.24, 2.45) is 0 Å². The predicted molar refractivity (Wildman–Crippen MR) is 144 cm³/mol. The molecule has 3 aromatic rings. The lowest BCUT2D eigenvalue weighted by Gasteiger charge is -2.12. The Balaban J connectivity index is 1.50. The Kier molecular flexibility index (Phi) is 11.1. The predicted octanol–water partition coefficient (Wildman–Crippen LogP) is 6.64. The first-order valence-electron chi connectivity index (χ1n) is 12.9. The van der Waals surface area contributed by atoms with Crippen LogP contribution in [0.2, 0.25) is 0 Å². The molecule has 7 heteroatoms. The van der Waals surface area contributed by atoms with Gasteiger partial charge in [0.2, 0.25) is 0 Å². The minimum Gasteiger partial charge on any atom is -0.462 e. The van der Waals surface area contributed by atoms with Gasteiger partial charge in [0, 0.05) is 6.61 Å². The molecule has 0 bridgehead atoms. The number of unbranched alkanes of at least 4 members (excludes halogenated alkanes) is 3. The number of rotatable bonds is 13. The van der Waals surface area contributed by atoms with Crippen molar-refractivity contribution in [3.8, 4) is 22.6 Å². The van der Waals surface area contributed by atoms with Gasteiger partial charge < -0.3 is 18.9 Å². The molecule has 0 saturated heterocycles. The lowest BCUT2D eigenvalue weighted by Crippen LogP contribution is -2.26. The Morgan fingerprint density at radius 1 is 0.658 bits per heavy atom. The third-order valence-electron chi connectivity index (χ3n) is 5.80. The van der Waals surface area contributed by atoms with Crippen molar-refractivity contribution >= 4 is 17.9 Å². The van der Waals surface area contributed by atoms with Crippen molar-refractivity contribution in [1.29, 1.82) is 0 Å². The number of benzene rings is 3. The van der Waals surface area contributed by atoms with E-state index in [1.54, 1.807) is 62.4 Å². The molecule has 0 amide bonds. The molecule has 38 heavy (non-hydrogen) atoms. The third kappa shape index (κ3) is 8.56. The molecule has 0 aromatic heterocycles. The summed E-state index contributed by atoms with van der Waals surface area (Å²) >= 11 is 0. The van der Waals surface area contributed by atoms with Crippen LogP contribution in [0, 0.1) is 0 Å². The van der Waals surface area contributed by atoms with Crippen molar-refractivity contribution in [2.75, 3.05) is 13.2 Å². The number of carbonyl (C=O) groups is 3. The SMILES string of the molecule is CCCCCCO[C@@H](C)C(=O)Oc1ccc(C(=O)Oc2ccc(-c3ccc(C(=O)OCC)cc3)cc2)cc1. The second-order valence-electron chi connectivity index (χ2n) is 8.73. The molecule has 0 saturated carbocycles. The largest absolute Gasteiger partial charge is 0.462 e. The summed E-state index contributed by atoms with van der Waals surface area (Å²) in [6, 6.07) is 20.3. The summed E-state index contributed by atoms with van der Waals surface area (Å²) in [4.78, 5) is 36.6. The van der Waals surface area contributed by atoms with Gasteiger partial charge >= 0.3 is 17.9 Å². The summed E-state index contributed by atoms with van der Waals surface area (Å²) in [5.74, 6) is -0.650. The summed E-state index contributed by atoms with van der Waals surface area (Å²) in [7, 11) is 0. The van der Waals surface area contributed by atoms with Gasteiger partial charge in [0.05, 0.1) is 17.7 Å². The fourth-order valence-corrected chi connectivity index (χ4v) is 3.61. The highest BCUT2D eigenvalue weighted by molar-refractivity contribution is 5.91. The molecule has 0 radical (unpaired) electrons. The zero-order chi connectivity index (χ0) is 27.3. The average molecular weight is 519 g/mol. The van der Waals surface area contributed by atoms with Gasteiger partial charge in [-0.25, -0.2) is 14.4 Å². The zero-order valence-corrected chi connectivity index (χ0v) is 22.1. The molecule has 0 N–H and O–H groups in total. The fraction of sp³-hybridized carbons (Fsp3) is 0.323. The van der Waals surface area contributed by atoms with E-state index in [0.29, 0.717) is 35.8 Å². The van der Waals surface area contributed by atoms with Crippen LogP contribution in [0.15, 0.2) is 72.8 Å². The van der Waals surface area contributed by atoms with E-state index in [9.17, 15) is 14.4 Å². The fourth-order valence-electron chi connectivity index (χ4n) is 3.61. The van der Waals surface area contributed by atoms with Crippen molar-refractivity contribution in [2.45, 2.75) is 52.6 Å². The summed E-state index contributed by atoms with van der Waals surface area (Å²) < 4.78 is 21.4. The van der Waals surface area contributed by atoms with E-state index in [2.05, 4.69) is 6.92 Å². The maximum absolute atomic E-state index is 12.6. The highest BCUT2D eigenvalue weighted by Gasteiger charge is 2.16.